The molecule has 1 aliphatic heterocycles. The van der Waals surface area contributed by atoms with Crippen LogP contribution >= 0.6 is 23.1 Å². The first-order chi connectivity index (χ1) is 11.1. The van der Waals surface area contributed by atoms with Gasteiger partial charge in [0.05, 0.1) is 10.6 Å². The molecule has 23 heavy (non-hydrogen) atoms. The predicted molar refractivity (Wildman–Crippen MR) is 98.0 cm³/mol. The van der Waals surface area contributed by atoms with Gasteiger partial charge in [-0.2, -0.15) is 0 Å². The molecule has 0 unspecified atom stereocenters. The molecule has 1 aliphatic rings. The molecule has 0 spiro atoms. The second-order valence-corrected chi connectivity index (χ2v) is 7.86. The summed E-state index contributed by atoms with van der Waals surface area (Å²) in [7, 11) is 0. The number of piperidine rings is 1. The monoisotopic (exact) mass is 346 g/mol. The van der Waals surface area contributed by atoms with Gasteiger partial charge in [0, 0.05) is 28.4 Å². The number of carbonyl (C=O) groups excluding carboxylic acids is 2. The number of fused-ring (bicyclic) bond motifs is 1. The van der Waals surface area contributed by atoms with Gasteiger partial charge in [0.1, 0.15) is 0 Å². The van der Waals surface area contributed by atoms with Crippen LogP contribution in [0.2, 0.25) is 0 Å². The van der Waals surface area contributed by atoms with Gasteiger partial charge in [-0.25, -0.2) is 0 Å². The summed E-state index contributed by atoms with van der Waals surface area (Å²) in [6.45, 7) is 4.81. The Bertz CT molecular complexity index is 761. The van der Waals surface area contributed by atoms with E-state index in [4.69, 9.17) is 5.73 Å². The third-order valence-electron chi connectivity index (χ3n) is 4.02. The zero-order valence-corrected chi connectivity index (χ0v) is 14.3. The van der Waals surface area contributed by atoms with E-state index < -0.39 is 0 Å². The summed E-state index contributed by atoms with van der Waals surface area (Å²) in [6, 6.07) is 7.80. The van der Waals surface area contributed by atoms with Crippen LogP contribution < -0.4 is 5.73 Å². The van der Waals surface area contributed by atoms with Gasteiger partial charge in [-0.05, 0) is 25.0 Å². The molecule has 0 atom stereocenters. The summed E-state index contributed by atoms with van der Waals surface area (Å²) in [5.74, 6) is -0.00144. The number of carbonyl (C=O) groups is 2. The maximum Gasteiger partial charge on any atom is 0.257 e. The summed E-state index contributed by atoms with van der Waals surface area (Å²) in [6.07, 6.45) is 2.98. The zero-order chi connectivity index (χ0) is 16.4. The number of anilines is 1. The number of amides is 1. The van der Waals surface area contributed by atoms with E-state index in [-0.39, 0.29) is 16.3 Å². The molecule has 2 heterocycles. The molecule has 0 saturated carbocycles. The highest BCUT2D eigenvalue weighted by molar-refractivity contribution is 8.14. The number of thioether (sulfide) groups is 1. The van der Waals surface area contributed by atoms with Gasteiger partial charge in [0.15, 0.2) is 0 Å². The van der Waals surface area contributed by atoms with Crippen LogP contribution in [0.15, 0.2) is 36.9 Å². The maximum atomic E-state index is 12.8. The van der Waals surface area contributed by atoms with Crippen molar-refractivity contribution >= 4 is 49.2 Å². The molecule has 0 aliphatic carbocycles. The van der Waals surface area contributed by atoms with E-state index in [1.807, 2.05) is 29.2 Å². The molecule has 1 aromatic heterocycles. The molecule has 3 rings (SSSR count). The number of benzene rings is 1. The van der Waals surface area contributed by atoms with E-state index in [1.165, 1.54) is 29.2 Å². The van der Waals surface area contributed by atoms with Gasteiger partial charge in [-0.1, -0.05) is 36.5 Å². The van der Waals surface area contributed by atoms with Crippen LogP contribution in [0.5, 0.6) is 0 Å². The SMILES string of the molecule is C=CC(=O)SC1CCN(C(=O)c2c(N)sc3ccccc23)CC1. The van der Waals surface area contributed by atoms with Gasteiger partial charge in [-0.3, -0.25) is 9.59 Å². The first-order valence-corrected chi connectivity index (χ1v) is 9.19. The molecule has 1 amide bonds. The molecule has 4 nitrogen and oxygen atoms in total. The van der Waals surface area contributed by atoms with Crippen molar-refractivity contribution in [1.82, 2.24) is 4.90 Å². The van der Waals surface area contributed by atoms with Crippen LogP contribution in [-0.4, -0.2) is 34.3 Å². The summed E-state index contributed by atoms with van der Waals surface area (Å²) < 4.78 is 1.04. The average Bonchev–Trinajstić information content (AvgIpc) is 2.90. The number of rotatable bonds is 3. The molecule has 2 N–H and O–H groups in total. The van der Waals surface area contributed by atoms with E-state index in [1.54, 1.807) is 0 Å². The van der Waals surface area contributed by atoms with Gasteiger partial charge >= 0.3 is 0 Å². The summed E-state index contributed by atoms with van der Waals surface area (Å²) in [5.41, 5.74) is 6.71. The lowest BCUT2D eigenvalue weighted by molar-refractivity contribution is -0.107. The topological polar surface area (TPSA) is 63.4 Å². The van der Waals surface area contributed by atoms with Gasteiger partial charge in [-0.15, -0.1) is 11.3 Å². The van der Waals surface area contributed by atoms with Crippen molar-refractivity contribution < 1.29 is 9.59 Å². The molecular formula is C17H18N2O2S2. The second kappa shape index (κ2) is 6.76. The van der Waals surface area contributed by atoms with Crippen molar-refractivity contribution in [3.63, 3.8) is 0 Å². The normalized spacial score (nSPS) is 15.7. The quantitative estimate of drug-likeness (QED) is 0.864. The first kappa shape index (κ1) is 16.1. The summed E-state index contributed by atoms with van der Waals surface area (Å²) >= 11 is 2.77. The Morgan fingerprint density at radius 2 is 2.00 bits per heavy atom. The number of nitrogens with two attached hydrogens (primary N) is 1. The van der Waals surface area contributed by atoms with E-state index >= 15 is 0 Å². The van der Waals surface area contributed by atoms with Crippen LogP contribution in [0.3, 0.4) is 0 Å². The summed E-state index contributed by atoms with van der Waals surface area (Å²) in [5, 5.41) is 1.77. The standard InChI is InChI=1S/C17H18N2O2S2/c1-2-14(20)22-11-7-9-19(10-8-11)17(21)15-12-5-3-4-6-13(12)23-16(15)18/h2-6,11H,1,7-10,18H2. The Balaban J connectivity index is 1.73. The molecule has 1 aromatic carbocycles. The lowest BCUT2D eigenvalue weighted by Crippen LogP contribution is -2.39. The number of thiophene rings is 1. The highest BCUT2D eigenvalue weighted by Crippen LogP contribution is 2.35. The fourth-order valence-electron chi connectivity index (χ4n) is 2.83. The van der Waals surface area contributed by atoms with Crippen molar-refractivity contribution in [2.24, 2.45) is 0 Å². The molecule has 120 valence electrons. The molecule has 1 fully saturated rings. The maximum absolute atomic E-state index is 12.8. The fraction of sp³-hybridized carbons (Fsp3) is 0.294. The number of hydrogen-bond acceptors (Lipinski definition) is 5. The van der Waals surface area contributed by atoms with Crippen molar-refractivity contribution in [2.45, 2.75) is 18.1 Å². The minimum absolute atomic E-state index is 0.00144. The molecule has 0 bridgehead atoms. The van der Waals surface area contributed by atoms with Crippen LogP contribution in [0, 0.1) is 0 Å². The average molecular weight is 346 g/mol. The molecule has 1 saturated heterocycles. The van der Waals surface area contributed by atoms with Crippen molar-refractivity contribution in [1.29, 1.82) is 0 Å². The third kappa shape index (κ3) is 3.28. The first-order valence-electron chi connectivity index (χ1n) is 7.49. The molecule has 0 radical (unpaired) electrons. The Labute approximate surface area is 143 Å². The smallest absolute Gasteiger partial charge is 0.257 e. The predicted octanol–water partition coefficient (Wildman–Crippen LogP) is 3.53. The highest BCUT2D eigenvalue weighted by atomic mass is 32.2. The van der Waals surface area contributed by atoms with Crippen molar-refractivity contribution in [3.8, 4) is 0 Å². The van der Waals surface area contributed by atoms with Crippen LogP contribution in [0.4, 0.5) is 5.00 Å². The van der Waals surface area contributed by atoms with Gasteiger partial charge < -0.3 is 10.6 Å². The zero-order valence-electron chi connectivity index (χ0n) is 12.7. The number of hydrogen-bond donors (Lipinski definition) is 1. The molecule has 6 heteroatoms. The molecular weight excluding hydrogens is 328 g/mol. The fourth-order valence-corrected chi connectivity index (χ4v) is 4.67. The van der Waals surface area contributed by atoms with E-state index in [9.17, 15) is 9.59 Å². The third-order valence-corrected chi connectivity index (χ3v) is 6.22. The van der Waals surface area contributed by atoms with Crippen LogP contribution in [0.1, 0.15) is 23.2 Å². The summed E-state index contributed by atoms with van der Waals surface area (Å²) in [4.78, 5) is 26.1. The largest absolute Gasteiger partial charge is 0.390 e. The minimum atomic E-state index is -0.00144. The van der Waals surface area contributed by atoms with Crippen molar-refractivity contribution in [3.05, 3.63) is 42.5 Å². The Morgan fingerprint density at radius 1 is 1.30 bits per heavy atom. The highest BCUT2D eigenvalue weighted by Gasteiger charge is 2.27. The Morgan fingerprint density at radius 3 is 2.70 bits per heavy atom. The lowest BCUT2D eigenvalue weighted by Gasteiger charge is -2.31. The van der Waals surface area contributed by atoms with Gasteiger partial charge in [0.2, 0.25) is 5.12 Å². The van der Waals surface area contributed by atoms with Gasteiger partial charge in [0.25, 0.3) is 5.91 Å². The lowest BCUT2D eigenvalue weighted by atomic mass is 10.1. The Kier molecular flexibility index (Phi) is 4.73. The number of likely N-dealkylation sites (tertiary alicyclic amines) is 1. The number of nitrogens with zero attached hydrogens (tertiary/aromatic N) is 1. The van der Waals surface area contributed by atoms with E-state index in [2.05, 4.69) is 6.58 Å². The minimum Gasteiger partial charge on any atom is -0.390 e. The van der Waals surface area contributed by atoms with Crippen LogP contribution in [-0.2, 0) is 4.79 Å². The van der Waals surface area contributed by atoms with E-state index in [0.29, 0.717) is 23.7 Å². The Hall–Kier alpha value is -1.79. The van der Waals surface area contributed by atoms with Crippen molar-refractivity contribution in [2.75, 3.05) is 18.8 Å². The second-order valence-electron chi connectivity index (χ2n) is 5.47. The van der Waals surface area contributed by atoms with Crippen LogP contribution in [0.25, 0.3) is 10.1 Å². The number of nitrogen functional groups attached to an aromatic ring is 1. The van der Waals surface area contributed by atoms with E-state index in [0.717, 1.165) is 22.9 Å². The molecule has 2 aromatic rings.